The van der Waals surface area contributed by atoms with Crippen LogP contribution in [0, 0.1) is 5.82 Å². The molecule has 0 fully saturated rings. The number of aromatic amines is 1. The quantitative estimate of drug-likeness (QED) is 0.833. The van der Waals surface area contributed by atoms with Crippen LogP contribution < -0.4 is 15.9 Å². The highest BCUT2D eigenvalue weighted by atomic mass is 19.1. The number of rotatable bonds is 2. The Hall–Kier alpha value is -2.37. The zero-order valence-corrected chi connectivity index (χ0v) is 8.94. The van der Waals surface area contributed by atoms with Gasteiger partial charge in [-0.3, -0.25) is 14.7 Å². The largest absolute Gasteiger partial charge is 0.497 e. The van der Waals surface area contributed by atoms with Crippen molar-refractivity contribution in [2.24, 2.45) is 0 Å². The van der Waals surface area contributed by atoms with E-state index in [0.29, 0.717) is 5.75 Å². The van der Waals surface area contributed by atoms with Gasteiger partial charge in [-0.2, -0.15) is 0 Å². The lowest BCUT2D eigenvalue weighted by Gasteiger charge is -2.07. The summed E-state index contributed by atoms with van der Waals surface area (Å²) >= 11 is 0. The van der Waals surface area contributed by atoms with E-state index in [1.54, 1.807) is 0 Å². The lowest BCUT2D eigenvalue weighted by Crippen LogP contribution is -2.27. The first-order valence-corrected chi connectivity index (χ1v) is 4.78. The van der Waals surface area contributed by atoms with Crippen LogP contribution in [0.25, 0.3) is 5.69 Å². The minimum atomic E-state index is -0.630. The van der Waals surface area contributed by atoms with Crippen molar-refractivity contribution in [2.45, 2.75) is 0 Å². The van der Waals surface area contributed by atoms with Crippen LogP contribution in [0.1, 0.15) is 0 Å². The summed E-state index contributed by atoms with van der Waals surface area (Å²) in [6, 6.07) is 6.05. The molecule has 0 amide bonds. The van der Waals surface area contributed by atoms with Crippen molar-refractivity contribution in [3.63, 3.8) is 0 Å². The van der Waals surface area contributed by atoms with Crippen molar-refractivity contribution in [3.05, 3.63) is 56.9 Å². The van der Waals surface area contributed by atoms with Crippen molar-refractivity contribution >= 4 is 0 Å². The zero-order valence-electron chi connectivity index (χ0n) is 8.94. The van der Waals surface area contributed by atoms with Crippen molar-refractivity contribution in [1.29, 1.82) is 0 Å². The Morgan fingerprint density at radius 2 is 2.00 bits per heavy atom. The lowest BCUT2D eigenvalue weighted by molar-refractivity contribution is 0.413. The van der Waals surface area contributed by atoms with E-state index in [1.807, 2.05) is 0 Å². The van der Waals surface area contributed by atoms with E-state index in [4.69, 9.17) is 4.74 Å². The van der Waals surface area contributed by atoms with Crippen LogP contribution >= 0.6 is 0 Å². The van der Waals surface area contributed by atoms with E-state index in [0.717, 1.165) is 22.9 Å². The summed E-state index contributed by atoms with van der Waals surface area (Å²) in [4.78, 5) is 22.6. The molecule has 1 aromatic heterocycles. The Labute approximate surface area is 95.1 Å². The molecule has 0 unspecified atom stereocenters. The van der Waals surface area contributed by atoms with E-state index < -0.39 is 16.9 Å². The lowest BCUT2D eigenvalue weighted by atomic mass is 10.3. The average Bonchev–Trinajstić information content (AvgIpc) is 2.33. The van der Waals surface area contributed by atoms with Gasteiger partial charge >= 0.3 is 0 Å². The van der Waals surface area contributed by atoms with Crippen LogP contribution in [0.4, 0.5) is 4.39 Å². The molecule has 1 heterocycles. The number of hydrogen-bond acceptors (Lipinski definition) is 3. The molecule has 0 saturated carbocycles. The van der Waals surface area contributed by atoms with E-state index in [2.05, 4.69) is 5.10 Å². The maximum atomic E-state index is 13.6. The van der Waals surface area contributed by atoms with Gasteiger partial charge in [-0.25, -0.2) is 9.07 Å². The summed E-state index contributed by atoms with van der Waals surface area (Å²) in [5.41, 5.74) is -1.09. The summed E-state index contributed by atoms with van der Waals surface area (Å²) in [6.45, 7) is 0. The number of benzene rings is 1. The van der Waals surface area contributed by atoms with Crippen molar-refractivity contribution in [3.8, 4) is 11.4 Å². The van der Waals surface area contributed by atoms with E-state index in [1.165, 1.54) is 19.2 Å². The van der Waals surface area contributed by atoms with Gasteiger partial charge in [-0.1, -0.05) is 0 Å². The molecule has 6 heteroatoms. The molecule has 1 N–H and O–H groups in total. The topological polar surface area (TPSA) is 64.1 Å². The van der Waals surface area contributed by atoms with Crippen LogP contribution in [0.15, 0.2) is 39.9 Å². The molecule has 2 aromatic rings. The number of aromatic nitrogens is 2. The second kappa shape index (κ2) is 4.25. The van der Waals surface area contributed by atoms with E-state index >= 15 is 0 Å². The van der Waals surface area contributed by atoms with Gasteiger partial charge in [-0.05, 0) is 12.1 Å². The van der Waals surface area contributed by atoms with Gasteiger partial charge in [-0.15, -0.1) is 0 Å². The number of hydrogen-bond donors (Lipinski definition) is 1. The van der Waals surface area contributed by atoms with Gasteiger partial charge in [0.05, 0.1) is 7.11 Å². The second-order valence-corrected chi connectivity index (χ2v) is 3.30. The molecule has 0 atom stereocenters. The summed E-state index contributed by atoms with van der Waals surface area (Å²) in [5.74, 6) is -0.243. The van der Waals surface area contributed by atoms with Gasteiger partial charge in [0.1, 0.15) is 17.3 Å². The third kappa shape index (κ3) is 2.10. The molecule has 0 bridgehead atoms. The number of nitrogens with one attached hydrogen (secondary N) is 1. The fourth-order valence-corrected chi connectivity index (χ4v) is 1.39. The highest BCUT2D eigenvalue weighted by Gasteiger charge is 2.08. The Kier molecular flexibility index (Phi) is 2.78. The number of halogens is 1. The molecule has 88 valence electrons. The molecule has 0 spiro atoms. The minimum absolute atomic E-state index is 0.0629. The highest BCUT2D eigenvalue weighted by molar-refractivity contribution is 5.39. The first-order valence-electron chi connectivity index (χ1n) is 4.78. The SMILES string of the molecule is COc1ccc(F)c(-n2[nH]c(=O)ccc2=O)c1. The van der Waals surface area contributed by atoms with Gasteiger partial charge in [0.2, 0.25) is 0 Å². The van der Waals surface area contributed by atoms with Crippen LogP contribution in [0.5, 0.6) is 5.75 Å². The van der Waals surface area contributed by atoms with Gasteiger partial charge in [0, 0.05) is 18.2 Å². The Bertz CT molecular complexity index is 660. The van der Waals surface area contributed by atoms with Crippen molar-refractivity contribution in [2.75, 3.05) is 7.11 Å². The molecule has 0 saturated heterocycles. The molecule has 0 aliphatic rings. The molecule has 0 aliphatic heterocycles. The third-order valence-electron chi connectivity index (χ3n) is 2.21. The fourth-order valence-electron chi connectivity index (χ4n) is 1.39. The summed E-state index contributed by atoms with van der Waals surface area (Å²) in [5, 5.41) is 2.24. The Balaban J connectivity index is 2.71. The Morgan fingerprint density at radius 1 is 1.24 bits per heavy atom. The molecule has 1 aromatic carbocycles. The molecule has 0 radical (unpaired) electrons. The van der Waals surface area contributed by atoms with Crippen LogP contribution in [0.3, 0.4) is 0 Å². The number of H-pyrrole nitrogens is 1. The van der Waals surface area contributed by atoms with E-state index in [9.17, 15) is 14.0 Å². The standard InChI is InChI=1S/C11H9FN2O3/c1-17-7-2-3-8(12)9(6-7)14-11(16)5-4-10(15)13-14/h2-6H,1H3,(H,13,15). The number of nitrogens with zero attached hydrogens (tertiary/aromatic N) is 1. The number of methoxy groups -OCH3 is 1. The summed E-state index contributed by atoms with van der Waals surface area (Å²) in [7, 11) is 1.42. The van der Waals surface area contributed by atoms with Crippen molar-refractivity contribution in [1.82, 2.24) is 9.78 Å². The highest BCUT2D eigenvalue weighted by Crippen LogP contribution is 2.17. The third-order valence-corrected chi connectivity index (χ3v) is 2.21. The molecule has 2 rings (SSSR count). The molecular formula is C11H9FN2O3. The number of ether oxygens (including phenoxy) is 1. The smallest absolute Gasteiger partial charge is 0.270 e. The molecule has 0 aliphatic carbocycles. The molecule has 5 nitrogen and oxygen atoms in total. The first kappa shape index (κ1) is 11.1. The first-order chi connectivity index (χ1) is 8.11. The average molecular weight is 236 g/mol. The van der Waals surface area contributed by atoms with Gasteiger partial charge in [0.15, 0.2) is 0 Å². The predicted octanol–water partition coefficient (Wildman–Crippen LogP) is 0.673. The molecule has 17 heavy (non-hydrogen) atoms. The normalized spacial score (nSPS) is 10.2. The molecular weight excluding hydrogens is 227 g/mol. The zero-order chi connectivity index (χ0) is 12.4. The van der Waals surface area contributed by atoms with E-state index in [-0.39, 0.29) is 5.69 Å². The van der Waals surface area contributed by atoms with Gasteiger partial charge in [0.25, 0.3) is 11.1 Å². The Morgan fingerprint density at radius 3 is 2.71 bits per heavy atom. The second-order valence-electron chi connectivity index (χ2n) is 3.30. The fraction of sp³-hybridized carbons (Fsp3) is 0.0909. The van der Waals surface area contributed by atoms with Crippen LogP contribution in [0.2, 0.25) is 0 Å². The van der Waals surface area contributed by atoms with Crippen molar-refractivity contribution < 1.29 is 9.13 Å². The maximum Gasteiger partial charge on any atom is 0.270 e. The van der Waals surface area contributed by atoms with Crippen LogP contribution in [-0.4, -0.2) is 16.9 Å². The predicted molar refractivity (Wildman–Crippen MR) is 59.2 cm³/mol. The van der Waals surface area contributed by atoms with Gasteiger partial charge < -0.3 is 4.74 Å². The monoisotopic (exact) mass is 236 g/mol. The maximum absolute atomic E-state index is 13.6. The minimum Gasteiger partial charge on any atom is -0.497 e. The summed E-state index contributed by atoms with van der Waals surface area (Å²) in [6.07, 6.45) is 0. The summed E-state index contributed by atoms with van der Waals surface area (Å²) < 4.78 is 19.3. The van der Waals surface area contributed by atoms with Crippen LogP contribution in [-0.2, 0) is 0 Å².